The fourth-order valence-corrected chi connectivity index (χ4v) is 2.27. The summed E-state index contributed by atoms with van der Waals surface area (Å²) in [4.78, 5) is 28.1. The average Bonchev–Trinajstić information content (AvgIpc) is 2.76. The maximum atomic E-state index is 12.2. The molecule has 1 aliphatic carbocycles. The molecule has 5 nitrogen and oxygen atoms in total. The van der Waals surface area contributed by atoms with Crippen molar-refractivity contribution in [3.63, 3.8) is 0 Å². The van der Waals surface area contributed by atoms with Crippen LogP contribution in [-0.2, 0) is 14.3 Å². The Morgan fingerprint density at radius 3 is 2.96 bits per heavy atom. The van der Waals surface area contributed by atoms with E-state index >= 15 is 0 Å². The first-order valence-electron chi connectivity index (χ1n) is 7.33. The molecule has 1 atom stereocenters. The summed E-state index contributed by atoms with van der Waals surface area (Å²) in [7, 11) is 0. The third-order valence-corrected chi connectivity index (χ3v) is 3.55. The molecule has 2 heterocycles. The summed E-state index contributed by atoms with van der Waals surface area (Å²) in [6.07, 6.45) is 11.5. The van der Waals surface area contributed by atoms with Gasteiger partial charge < -0.3 is 9.47 Å². The molecule has 0 saturated heterocycles. The lowest BCUT2D eigenvalue weighted by Gasteiger charge is -2.19. The molecule has 5 heteroatoms. The van der Waals surface area contributed by atoms with Gasteiger partial charge in [-0.2, -0.15) is 0 Å². The molecular formula is C18H15NO4. The summed E-state index contributed by atoms with van der Waals surface area (Å²) in [6.45, 7) is 2.04. The van der Waals surface area contributed by atoms with Gasteiger partial charge in [0.25, 0.3) is 0 Å². The van der Waals surface area contributed by atoms with Crippen molar-refractivity contribution < 1.29 is 19.1 Å². The molecular weight excluding hydrogens is 294 g/mol. The molecule has 0 radical (unpaired) electrons. The van der Waals surface area contributed by atoms with Crippen LogP contribution >= 0.6 is 0 Å². The van der Waals surface area contributed by atoms with Crippen LogP contribution < -0.4 is 4.74 Å². The Hall–Kier alpha value is -2.95. The van der Waals surface area contributed by atoms with E-state index in [0.717, 1.165) is 12.0 Å². The van der Waals surface area contributed by atoms with Crippen molar-refractivity contribution in [1.29, 1.82) is 0 Å². The molecule has 0 fully saturated rings. The van der Waals surface area contributed by atoms with Gasteiger partial charge in [0, 0.05) is 12.3 Å². The quantitative estimate of drug-likeness (QED) is 0.634. The normalized spacial score (nSPS) is 19.6. The van der Waals surface area contributed by atoms with Crippen molar-refractivity contribution in [2.24, 2.45) is 5.92 Å². The van der Waals surface area contributed by atoms with Crippen molar-refractivity contribution in [2.75, 3.05) is 0 Å². The highest BCUT2D eigenvalue weighted by atomic mass is 16.6. The maximum Gasteiger partial charge on any atom is 0.352 e. The predicted molar refractivity (Wildman–Crippen MR) is 83.1 cm³/mol. The first-order valence-corrected chi connectivity index (χ1v) is 7.33. The summed E-state index contributed by atoms with van der Waals surface area (Å²) in [5.41, 5.74) is 0.997. The van der Waals surface area contributed by atoms with Crippen LogP contribution in [0.2, 0.25) is 0 Å². The van der Waals surface area contributed by atoms with Gasteiger partial charge in [-0.25, -0.2) is 14.6 Å². The number of rotatable bonds is 3. The van der Waals surface area contributed by atoms with Crippen molar-refractivity contribution in [3.8, 4) is 5.88 Å². The summed E-state index contributed by atoms with van der Waals surface area (Å²) < 4.78 is 10.4. The van der Waals surface area contributed by atoms with Crippen LogP contribution in [0.3, 0.4) is 0 Å². The zero-order chi connectivity index (χ0) is 16.2. The SMILES string of the molecule is CCC1=CC=C2OC(=O)C(C(=O)Oc3ccccn3)=CC2C=C1. The van der Waals surface area contributed by atoms with Crippen LogP contribution in [0.4, 0.5) is 0 Å². The number of hydrogen-bond acceptors (Lipinski definition) is 5. The van der Waals surface area contributed by atoms with Gasteiger partial charge in [-0.05, 0) is 30.2 Å². The minimum atomic E-state index is -0.769. The number of pyridine rings is 1. The highest BCUT2D eigenvalue weighted by Gasteiger charge is 2.31. The van der Waals surface area contributed by atoms with E-state index in [1.807, 2.05) is 25.2 Å². The number of esters is 2. The largest absolute Gasteiger partial charge is 0.426 e. The van der Waals surface area contributed by atoms with Crippen molar-refractivity contribution >= 4 is 11.9 Å². The number of ether oxygens (including phenoxy) is 2. The zero-order valence-electron chi connectivity index (χ0n) is 12.6. The molecule has 116 valence electrons. The summed E-state index contributed by atoms with van der Waals surface area (Å²) >= 11 is 0. The molecule has 0 saturated carbocycles. The minimum Gasteiger partial charge on any atom is -0.426 e. The number of carbonyl (C=O) groups excluding carboxylic acids is 2. The molecule has 0 spiro atoms. The molecule has 1 aliphatic heterocycles. The Labute approximate surface area is 133 Å². The van der Waals surface area contributed by atoms with Gasteiger partial charge >= 0.3 is 11.9 Å². The molecule has 0 amide bonds. The van der Waals surface area contributed by atoms with Gasteiger partial charge in [0.1, 0.15) is 11.3 Å². The molecule has 0 N–H and O–H groups in total. The van der Waals surface area contributed by atoms with E-state index in [0.29, 0.717) is 5.76 Å². The smallest absolute Gasteiger partial charge is 0.352 e. The van der Waals surface area contributed by atoms with E-state index < -0.39 is 11.9 Å². The van der Waals surface area contributed by atoms with E-state index in [-0.39, 0.29) is 17.4 Å². The molecule has 0 aromatic carbocycles. The number of fused-ring (bicyclic) bond motifs is 1. The maximum absolute atomic E-state index is 12.2. The fraction of sp³-hybridized carbons (Fsp3) is 0.167. The van der Waals surface area contributed by atoms with Crippen LogP contribution in [0, 0.1) is 5.92 Å². The van der Waals surface area contributed by atoms with Crippen LogP contribution in [0.25, 0.3) is 0 Å². The third-order valence-electron chi connectivity index (χ3n) is 3.55. The zero-order valence-corrected chi connectivity index (χ0v) is 12.6. The second kappa shape index (κ2) is 6.44. The van der Waals surface area contributed by atoms with Gasteiger partial charge in [-0.1, -0.05) is 31.2 Å². The number of hydrogen-bond donors (Lipinski definition) is 0. The van der Waals surface area contributed by atoms with Crippen molar-refractivity contribution in [3.05, 3.63) is 71.7 Å². The monoisotopic (exact) mass is 309 g/mol. The average molecular weight is 309 g/mol. The van der Waals surface area contributed by atoms with Crippen molar-refractivity contribution in [2.45, 2.75) is 13.3 Å². The topological polar surface area (TPSA) is 65.5 Å². The summed E-state index contributed by atoms with van der Waals surface area (Å²) in [6, 6.07) is 4.94. The molecule has 0 bridgehead atoms. The second-order valence-corrected chi connectivity index (χ2v) is 5.08. The highest BCUT2D eigenvalue weighted by Crippen LogP contribution is 2.28. The van der Waals surface area contributed by atoms with E-state index in [4.69, 9.17) is 9.47 Å². The number of carbonyl (C=O) groups is 2. The number of allylic oxidation sites excluding steroid dienone is 5. The second-order valence-electron chi connectivity index (χ2n) is 5.08. The molecule has 23 heavy (non-hydrogen) atoms. The first kappa shape index (κ1) is 15.0. The molecule has 2 aliphatic rings. The van der Waals surface area contributed by atoms with Gasteiger partial charge in [0.05, 0.1) is 5.92 Å². The Balaban J connectivity index is 1.84. The van der Waals surface area contributed by atoms with E-state index in [2.05, 4.69) is 4.98 Å². The van der Waals surface area contributed by atoms with Crippen LogP contribution in [0.15, 0.2) is 71.7 Å². The minimum absolute atomic E-state index is 0.123. The molecule has 1 unspecified atom stereocenters. The van der Waals surface area contributed by atoms with E-state index in [1.54, 1.807) is 30.4 Å². The lowest BCUT2D eigenvalue weighted by molar-refractivity contribution is -0.141. The van der Waals surface area contributed by atoms with E-state index in [9.17, 15) is 9.59 Å². The van der Waals surface area contributed by atoms with Gasteiger partial charge in [0.15, 0.2) is 0 Å². The Morgan fingerprint density at radius 1 is 1.35 bits per heavy atom. The van der Waals surface area contributed by atoms with Crippen LogP contribution in [0.1, 0.15) is 13.3 Å². The lowest BCUT2D eigenvalue weighted by Crippen LogP contribution is -2.26. The first-order chi connectivity index (χ1) is 11.2. The molecule has 1 aromatic heterocycles. The van der Waals surface area contributed by atoms with Crippen LogP contribution in [-0.4, -0.2) is 16.9 Å². The predicted octanol–water partition coefficient (Wildman–Crippen LogP) is 2.88. The van der Waals surface area contributed by atoms with Crippen LogP contribution in [0.5, 0.6) is 5.88 Å². The Kier molecular flexibility index (Phi) is 4.19. The molecule has 1 aromatic rings. The van der Waals surface area contributed by atoms with Gasteiger partial charge in [0.2, 0.25) is 5.88 Å². The summed E-state index contributed by atoms with van der Waals surface area (Å²) in [5, 5.41) is 0. The highest BCUT2D eigenvalue weighted by molar-refractivity contribution is 6.15. The summed E-state index contributed by atoms with van der Waals surface area (Å²) in [5.74, 6) is -1.11. The lowest BCUT2D eigenvalue weighted by atomic mass is 10.00. The number of nitrogens with zero attached hydrogens (tertiary/aromatic N) is 1. The number of aromatic nitrogens is 1. The standard InChI is InChI=1S/C18H15NO4/c1-2-12-6-8-13-11-14(17(20)22-15(13)9-7-12)18(21)23-16-5-3-4-10-19-16/h3-11,13H,2H2,1H3. The van der Waals surface area contributed by atoms with Gasteiger partial charge in [-0.3, -0.25) is 0 Å². The Bertz CT molecular complexity index is 756. The fourth-order valence-electron chi connectivity index (χ4n) is 2.27. The third kappa shape index (κ3) is 3.29. The Morgan fingerprint density at radius 2 is 2.22 bits per heavy atom. The van der Waals surface area contributed by atoms with Crippen molar-refractivity contribution in [1.82, 2.24) is 4.98 Å². The van der Waals surface area contributed by atoms with Gasteiger partial charge in [-0.15, -0.1) is 0 Å². The molecule has 3 rings (SSSR count). The van der Waals surface area contributed by atoms with E-state index in [1.165, 1.54) is 6.20 Å².